The number of benzene rings is 2. The molecule has 0 unspecified atom stereocenters. The summed E-state index contributed by atoms with van der Waals surface area (Å²) in [4.78, 5) is 2.35. The third-order valence-corrected chi connectivity index (χ3v) is 3.99. The van der Waals surface area contributed by atoms with Gasteiger partial charge in [0.15, 0.2) is 0 Å². The van der Waals surface area contributed by atoms with Crippen molar-refractivity contribution in [2.75, 3.05) is 27.2 Å². The van der Waals surface area contributed by atoms with Crippen LogP contribution < -0.4 is 4.74 Å². The molecular weight excluding hydrogens is 258 g/mol. The summed E-state index contributed by atoms with van der Waals surface area (Å²) in [5.74, 6) is 0.955. The Labute approximate surface area is 126 Å². The highest BCUT2D eigenvalue weighted by Gasteiger charge is 2.15. The molecule has 1 aliphatic heterocycles. The molecular formula is C19H21NO. The van der Waals surface area contributed by atoms with Crippen molar-refractivity contribution in [1.82, 2.24) is 4.90 Å². The van der Waals surface area contributed by atoms with Crippen molar-refractivity contribution in [3.05, 3.63) is 60.2 Å². The second kappa shape index (κ2) is 6.15. The van der Waals surface area contributed by atoms with Crippen LogP contribution in [0.3, 0.4) is 0 Å². The molecule has 0 aliphatic carbocycles. The van der Waals surface area contributed by atoms with Crippen LogP contribution in [0.2, 0.25) is 0 Å². The molecule has 0 fully saturated rings. The number of nitrogens with zero attached hydrogens (tertiary/aromatic N) is 1. The highest BCUT2D eigenvalue weighted by molar-refractivity contribution is 5.77. The lowest BCUT2D eigenvalue weighted by atomic mass is 9.96. The van der Waals surface area contributed by atoms with Crippen molar-refractivity contribution in [2.24, 2.45) is 0 Å². The lowest BCUT2D eigenvalue weighted by Crippen LogP contribution is -2.25. The Kier molecular flexibility index (Phi) is 4.07. The van der Waals surface area contributed by atoms with Gasteiger partial charge < -0.3 is 9.64 Å². The number of hydrogen-bond acceptors (Lipinski definition) is 2. The first-order valence-corrected chi connectivity index (χ1v) is 7.39. The minimum Gasteiger partial charge on any atom is -0.496 e. The topological polar surface area (TPSA) is 12.5 Å². The van der Waals surface area contributed by atoms with Crippen molar-refractivity contribution in [2.45, 2.75) is 6.42 Å². The van der Waals surface area contributed by atoms with E-state index in [1.165, 1.54) is 22.3 Å². The van der Waals surface area contributed by atoms with Crippen LogP contribution in [-0.4, -0.2) is 32.1 Å². The third kappa shape index (κ3) is 3.01. The summed E-state index contributed by atoms with van der Waals surface area (Å²) in [6.45, 7) is 2.11. The van der Waals surface area contributed by atoms with Crippen LogP contribution in [0, 0.1) is 0 Å². The summed E-state index contributed by atoms with van der Waals surface area (Å²) >= 11 is 0. The van der Waals surface area contributed by atoms with Crippen LogP contribution in [0.15, 0.2) is 54.6 Å². The second-order valence-corrected chi connectivity index (χ2v) is 5.54. The molecule has 0 saturated carbocycles. The summed E-state index contributed by atoms with van der Waals surface area (Å²) in [6, 6.07) is 16.9. The van der Waals surface area contributed by atoms with Crippen LogP contribution in [0.5, 0.6) is 5.75 Å². The van der Waals surface area contributed by atoms with Gasteiger partial charge in [-0.2, -0.15) is 0 Å². The Morgan fingerprint density at radius 1 is 1.00 bits per heavy atom. The van der Waals surface area contributed by atoms with E-state index in [2.05, 4.69) is 60.5 Å². The van der Waals surface area contributed by atoms with Gasteiger partial charge in [0.2, 0.25) is 0 Å². The fraction of sp³-hybridized carbons (Fsp3) is 0.263. The Morgan fingerprint density at radius 3 is 2.52 bits per heavy atom. The van der Waals surface area contributed by atoms with Gasteiger partial charge in [0.25, 0.3) is 0 Å². The molecule has 0 radical (unpaired) electrons. The van der Waals surface area contributed by atoms with Gasteiger partial charge in [0.1, 0.15) is 5.75 Å². The first-order valence-electron chi connectivity index (χ1n) is 7.39. The number of likely N-dealkylation sites (N-methyl/N-ethyl adjacent to an activating group) is 1. The van der Waals surface area contributed by atoms with Gasteiger partial charge in [-0.3, -0.25) is 0 Å². The highest BCUT2D eigenvalue weighted by atomic mass is 16.5. The molecule has 0 atom stereocenters. The largest absolute Gasteiger partial charge is 0.496 e. The minimum absolute atomic E-state index is 0.955. The number of rotatable bonds is 3. The zero-order valence-electron chi connectivity index (χ0n) is 12.7. The van der Waals surface area contributed by atoms with Gasteiger partial charge in [-0.15, -0.1) is 0 Å². The van der Waals surface area contributed by atoms with E-state index < -0.39 is 0 Å². The standard InChI is InChI=1S/C19H21NO/c1-20-12-6-9-17(14-20)18-13-16(10-11-19(18)21-2)15-7-4-3-5-8-15/h3-5,7-11,13H,6,12,14H2,1-2H3. The zero-order valence-corrected chi connectivity index (χ0v) is 12.7. The maximum absolute atomic E-state index is 5.57. The van der Waals surface area contributed by atoms with Gasteiger partial charge in [-0.25, -0.2) is 0 Å². The predicted octanol–water partition coefficient (Wildman–Crippen LogP) is 4.08. The smallest absolute Gasteiger partial charge is 0.126 e. The maximum Gasteiger partial charge on any atom is 0.126 e. The second-order valence-electron chi connectivity index (χ2n) is 5.54. The van der Waals surface area contributed by atoms with Crippen LogP contribution in [-0.2, 0) is 0 Å². The third-order valence-electron chi connectivity index (χ3n) is 3.99. The van der Waals surface area contributed by atoms with Crippen LogP contribution in [0.1, 0.15) is 12.0 Å². The van der Waals surface area contributed by atoms with E-state index in [9.17, 15) is 0 Å². The van der Waals surface area contributed by atoms with Gasteiger partial charge in [-0.05, 0) is 42.3 Å². The van der Waals surface area contributed by atoms with Crippen molar-refractivity contribution < 1.29 is 4.74 Å². The Hall–Kier alpha value is -2.06. The van der Waals surface area contributed by atoms with Gasteiger partial charge >= 0.3 is 0 Å². The van der Waals surface area contributed by atoms with Crippen LogP contribution in [0.25, 0.3) is 16.7 Å². The number of methoxy groups -OCH3 is 1. The molecule has 0 amide bonds. The Bertz CT molecular complexity index is 646. The number of hydrogen-bond donors (Lipinski definition) is 0. The predicted molar refractivity (Wildman–Crippen MR) is 88.5 cm³/mol. The quantitative estimate of drug-likeness (QED) is 0.839. The average molecular weight is 279 g/mol. The molecule has 0 saturated heterocycles. The normalized spacial score (nSPS) is 15.6. The maximum atomic E-state index is 5.57. The summed E-state index contributed by atoms with van der Waals surface area (Å²) in [6.07, 6.45) is 3.44. The lowest BCUT2D eigenvalue weighted by molar-refractivity contribution is 0.370. The van der Waals surface area contributed by atoms with E-state index in [1.807, 2.05) is 6.07 Å². The van der Waals surface area contributed by atoms with E-state index in [-0.39, 0.29) is 0 Å². The molecule has 0 aromatic heterocycles. The molecule has 21 heavy (non-hydrogen) atoms. The monoisotopic (exact) mass is 279 g/mol. The van der Waals surface area contributed by atoms with E-state index >= 15 is 0 Å². The lowest BCUT2D eigenvalue weighted by Gasteiger charge is -2.24. The minimum atomic E-state index is 0.955. The van der Waals surface area contributed by atoms with E-state index in [0.29, 0.717) is 0 Å². The highest BCUT2D eigenvalue weighted by Crippen LogP contribution is 2.33. The molecule has 0 spiro atoms. The van der Waals surface area contributed by atoms with E-state index in [4.69, 9.17) is 4.74 Å². The summed E-state index contributed by atoms with van der Waals surface area (Å²) in [7, 11) is 3.91. The summed E-state index contributed by atoms with van der Waals surface area (Å²) < 4.78 is 5.57. The summed E-state index contributed by atoms with van der Waals surface area (Å²) in [5.41, 5.74) is 5.05. The van der Waals surface area contributed by atoms with Crippen LogP contribution in [0.4, 0.5) is 0 Å². The van der Waals surface area contributed by atoms with Crippen LogP contribution >= 0.6 is 0 Å². The fourth-order valence-electron chi connectivity index (χ4n) is 2.86. The molecule has 0 N–H and O–H groups in total. The summed E-state index contributed by atoms with van der Waals surface area (Å²) in [5, 5.41) is 0. The van der Waals surface area contributed by atoms with E-state index in [1.54, 1.807) is 7.11 Å². The molecule has 3 rings (SSSR count). The molecule has 2 nitrogen and oxygen atoms in total. The van der Waals surface area contributed by atoms with E-state index in [0.717, 1.165) is 25.3 Å². The fourth-order valence-corrected chi connectivity index (χ4v) is 2.86. The van der Waals surface area contributed by atoms with Crippen molar-refractivity contribution in [3.8, 4) is 16.9 Å². The molecule has 0 bridgehead atoms. The Balaban J connectivity index is 2.04. The van der Waals surface area contributed by atoms with Crippen molar-refractivity contribution in [3.63, 3.8) is 0 Å². The van der Waals surface area contributed by atoms with Gasteiger partial charge in [-0.1, -0.05) is 42.5 Å². The Morgan fingerprint density at radius 2 is 1.81 bits per heavy atom. The first kappa shape index (κ1) is 13.9. The molecule has 108 valence electrons. The van der Waals surface area contributed by atoms with Gasteiger partial charge in [0.05, 0.1) is 7.11 Å². The van der Waals surface area contributed by atoms with Gasteiger partial charge in [0, 0.05) is 18.7 Å². The molecule has 2 aromatic rings. The average Bonchev–Trinajstić information content (AvgIpc) is 2.55. The number of ether oxygens (including phenoxy) is 1. The zero-order chi connectivity index (χ0) is 14.7. The first-order chi connectivity index (χ1) is 10.3. The van der Waals surface area contributed by atoms with Crippen molar-refractivity contribution >= 4 is 5.57 Å². The molecule has 1 heterocycles. The SMILES string of the molecule is COc1ccc(-c2ccccc2)cc1C1=CCCN(C)C1. The molecule has 2 aromatic carbocycles. The molecule has 2 heteroatoms. The van der Waals surface area contributed by atoms with Crippen molar-refractivity contribution in [1.29, 1.82) is 0 Å². The molecule has 1 aliphatic rings.